The van der Waals surface area contributed by atoms with E-state index in [9.17, 15) is 13.6 Å². The Morgan fingerprint density at radius 2 is 1.90 bits per heavy atom. The number of rotatable bonds is 7. The molecule has 0 N–H and O–H groups in total. The zero-order chi connectivity index (χ0) is 21.1. The largest absolute Gasteiger partial charge is 0.478 e. The Bertz CT molecular complexity index is 1030. The van der Waals surface area contributed by atoms with Crippen molar-refractivity contribution in [1.29, 1.82) is 0 Å². The van der Waals surface area contributed by atoms with Crippen molar-refractivity contribution in [3.63, 3.8) is 0 Å². The van der Waals surface area contributed by atoms with Crippen molar-refractivity contribution in [2.24, 2.45) is 0 Å². The SMILES string of the molecule is CCCc1oc(C(C)Oc2ccc(F)c(C(C)=O)c2F)nc1-c1ccc(Cl)cc1. The molecule has 1 aromatic heterocycles. The number of ether oxygens (including phenoxy) is 1. The van der Waals surface area contributed by atoms with E-state index in [0.29, 0.717) is 22.9 Å². The van der Waals surface area contributed by atoms with Crippen LogP contribution in [0.3, 0.4) is 0 Å². The van der Waals surface area contributed by atoms with Gasteiger partial charge in [-0.2, -0.15) is 0 Å². The molecule has 7 heteroatoms. The lowest BCUT2D eigenvalue weighted by Crippen LogP contribution is -2.08. The van der Waals surface area contributed by atoms with Gasteiger partial charge < -0.3 is 9.15 Å². The highest BCUT2D eigenvalue weighted by Gasteiger charge is 2.24. The first-order valence-corrected chi connectivity index (χ1v) is 9.60. The molecule has 1 heterocycles. The Labute approximate surface area is 172 Å². The highest BCUT2D eigenvalue weighted by atomic mass is 35.5. The van der Waals surface area contributed by atoms with Crippen LogP contribution < -0.4 is 4.74 Å². The number of nitrogens with zero attached hydrogens (tertiary/aromatic N) is 1. The summed E-state index contributed by atoms with van der Waals surface area (Å²) in [6.45, 7) is 4.76. The number of carbonyl (C=O) groups is 1. The third-order valence-electron chi connectivity index (χ3n) is 4.37. The van der Waals surface area contributed by atoms with Gasteiger partial charge in [-0.25, -0.2) is 13.8 Å². The molecular formula is C22H20ClF2NO3. The highest BCUT2D eigenvalue weighted by molar-refractivity contribution is 6.30. The third-order valence-corrected chi connectivity index (χ3v) is 4.62. The summed E-state index contributed by atoms with van der Waals surface area (Å²) in [6, 6.07) is 9.35. The van der Waals surface area contributed by atoms with Gasteiger partial charge in [-0.3, -0.25) is 4.79 Å². The van der Waals surface area contributed by atoms with E-state index in [1.165, 1.54) is 0 Å². The molecule has 4 nitrogen and oxygen atoms in total. The van der Waals surface area contributed by atoms with E-state index in [0.717, 1.165) is 31.0 Å². The fourth-order valence-corrected chi connectivity index (χ4v) is 3.09. The summed E-state index contributed by atoms with van der Waals surface area (Å²) in [4.78, 5) is 16.1. The molecule has 3 aromatic rings. The molecule has 29 heavy (non-hydrogen) atoms. The molecule has 0 aliphatic heterocycles. The average Bonchev–Trinajstić information content (AvgIpc) is 3.09. The van der Waals surface area contributed by atoms with E-state index in [2.05, 4.69) is 4.98 Å². The fraction of sp³-hybridized carbons (Fsp3) is 0.273. The van der Waals surface area contributed by atoms with Gasteiger partial charge in [-0.15, -0.1) is 0 Å². The molecule has 0 saturated carbocycles. The van der Waals surface area contributed by atoms with Gasteiger partial charge >= 0.3 is 0 Å². The van der Waals surface area contributed by atoms with Crippen LogP contribution in [-0.2, 0) is 6.42 Å². The van der Waals surface area contributed by atoms with Crippen LogP contribution in [0.15, 0.2) is 40.8 Å². The van der Waals surface area contributed by atoms with Crippen LogP contribution in [0.1, 0.15) is 55.3 Å². The molecule has 152 valence electrons. The summed E-state index contributed by atoms with van der Waals surface area (Å²) < 4.78 is 39.8. The second-order valence-corrected chi connectivity index (χ2v) is 7.07. The summed E-state index contributed by atoms with van der Waals surface area (Å²) in [5.41, 5.74) is 0.875. The summed E-state index contributed by atoms with van der Waals surface area (Å²) >= 11 is 5.96. The molecular weight excluding hydrogens is 400 g/mol. The molecule has 0 fully saturated rings. The lowest BCUT2D eigenvalue weighted by atomic mass is 10.1. The maximum Gasteiger partial charge on any atom is 0.236 e. The van der Waals surface area contributed by atoms with Gasteiger partial charge in [0.15, 0.2) is 23.5 Å². The monoisotopic (exact) mass is 419 g/mol. The van der Waals surface area contributed by atoms with E-state index in [-0.39, 0.29) is 11.6 Å². The maximum absolute atomic E-state index is 14.5. The van der Waals surface area contributed by atoms with Crippen LogP contribution >= 0.6 is 11.6 Å². The first kappa shape index (κ1) is 21.0. The molecule has 0 aliphatic carbocycles. The summed E-state index contributed by atoms with van der Waals surface area (Å²) in [6.07, 6.45) is 0.752. The molecule has 0 aliphatic rings. The Kier molecular flexibility index (Phi) is 6.33. The zero-order valence-corrected chi connectivity index (χ0v) is 17.0. The van der Waals surface area contributed by atoms with Gasteiger partial charge in [0.1, 0.15) is 17.3 Å². The highest BCUT2D eigenvalue weighted by Crippen LogP contribution is 2.32. The van der Waals surface area contributed by atoms with Gasteiger partial charge in [-0.05, 0) is 44.5 Å². The minimum Gasteiger partial charge on any atom is -0.478 e. The topological polar surface area (TPSA) is 52.3 Å². The van der Waals surface area contributed by atoms with Crippen LogP contribution in [0.5, 0.6) is 5.75 Å². The molecule has 2 aromatic carbocycles. The summed E-state index contributed by atoms with van der Waals surface area (Å²) in [7, 11) is 0. The predicted molar refractivity (Wildman–Crippen MR) is 106 cm³/mol. The Hall–Kier alpha value is -2.73. The van der Waals surface area contributed by atoms with Crippen LogP contribution in [0.25, 0.3) is 11.3 Å². The van der Waals surface area contributed by atoms with Crippen molar-refractivity contribution in [3.8, 4) is 17.0 Å². The Morgan fingerprint density at radius 3 is 2.52 bits per heavy atom. The number of hydrogen-bond donors (Lipinski definition) is 0. The Balaban J connectivity index is 1.93. The number of aryl methyl sites for hydroxylation is 1. The van der Waals surface area contributed by atoms with Crippen molar-refractivity contribution < 1.29 is 22.7 Å². The first-order chi connectivity index (χ1) is 13.8. The van der Waals surface area contributed by atoms with Crippen LogP contribution in [0, 0.1) is 11.6 Å². The van der Waals surface area contributed by atoms with Gasteiger partial charge in [0.05, 0.1) is 5.56 Å². The number of benzene rings is 2. The van der Waals surface area contributed by atoms with E-state index < -0.39 is 29.1 Å². The smallest absolute Gasteiger partial charge is 0.236 e. The quantitative estimate of drug-likeness (QED) is 0.406. The van der Waals surface area contributed by atoms with Crippen LogP contribution in [-0.4, -0.2) is 10.8 Å². The number of oxazole rings is 1. The van der Waals surface area contributed by atoms with Crippen molar-refractivity contribution >= 4 is 17.4 Å². The average molecular weight is 420 g/mol. The Morgan fingerprint density at radius 1 is 1.21 bits per heavy atom. The van der Waals surface area contributed by atoms with E-state index in [1.807, 2.05) is 19.1 Å². The summed E-state index contributed by atoms with van der Waals surface area (Å²) in [5.74, 6) is -1.99. The standard InChI is InChI=1S/C22H20ClF2NO3/c1-4-5-18-21(14-6-8-15(23)9-7-14)26-22(29-18)13(3)28-17-11-10-16(24)19(12(2)27)20(17)25/h6-11,13H,4-5H2,1-3H3. The minimum atomic E-state index is -1.04. The molecule has 0 amide bonds. The molecule has 1 atom stereocenters. The van der Waals surface area contributed by atoms with Crippen LogP contribution in [0.4, 0.5) is 8.78 Å². The normalized spacial score (nSPS) is 12.1. The molecule has 0 radical (unpaired) electrons. The van der Waals surface area contributed by atoms with Gasteiger partial charge in [0.25, 0.3) is 0 Å². The van der Waals surface area contributed by atoms with Crippen molar-refractivity contribution in [2.75, 3.05) is 0 Å². The van der Waals surface area contributed by atoms with Gasteiger partial charge in [-0.1, -0.05) is 30.7 Å². The zero-order valence-electron chi connectivity index (χ0n) is 16.3. The second kappa shape index (κ2) is 8.74. The molecule has 0 saturated heterocycles. The first-order valence-electron chi connectivity index (χ1n) is 9.23. The lowest BCUT2D eigenvalue weighted by Gasteiger charge is -2.13. The maximum atomic E-state index is 14.5. The number of aromatic nitrogens is 1. The number of hydrogen-bond acceptors (Lipinski definition) is 4. The number of halogens is 3. The molecule has 1 unspecified atom stereocenters. The van der Waals surface area contributed by atoms with E-state index in [1.54, 1.807) is 19.1 Å². The lowest BCUT2D eigenvalue weighted by molar-refractivity contribution is 0.100. The van der Waals surface area contributed by atoms with Gasteiger partial charge in [0, 0.05) is 17.0 Å². The second-order valence-electron chi connectivity index (χ2n) is 6.63. The molecule has 3 rings (SSSR count). The van der Waals surface area contributed by atoms with E-state index in [4.69, 9.17) is 20.8 Å². The van der Waals surface area contributed by atoms with Gasteiger partial charge in [0.2, 0.25) is 5.89 Å². The van der Waals surface area contributed by atoms with Crippen molar-refractivity contribution in [1.82, 2.24) is 4.98 Å². The number of ketones is 1. The van der Waals surface area contributed by atoms with Crippen molar-refractivity contribution in [3.05, 3.63) is 70.3 Å². The molecule has 0 spiro atoms. The van der Waals surface area contributed by atoms with Crippen LogP contribution in [0.2, 0.25) is 5.02 Å². The number of Topliss-reactive ketones (excluding diaryl/α,β-unsaturated/α-hetero) is 1. The predicted octanol–water partition coefficient (Wildman–Crippen LogP) is 6.57. The van der Waals surface area contributed by atoms with Crippen molar-refractivity contribution in [2.45, 2.75) is 39.7 Å². The minimum absolute atomic E-state index is 0.243. The fourth-order valence-electron chi connectivity index (χ4n) is 2.96. The number of carbonyl (C=O) groups excluding carboxylic acids is 1. The molecule has 0 bridgehead atoms. The third kappa shape index (κ3) is 4.48. The van der Waals surface area contributed by atoms with E-state index >= 15 is 0 Å². The summed E-state index contributed by atoms with van der Waals surface area (Å²) in [5, 5.41) is 0.610.